The van der Waals surface area contributed by atoms with Crippen molar-refractivity contribution in [2.75, 3.05) is 5.32 Å². The van der Waals surface area contributed by atoms with Gasteiger partial charge in [0.2, 0.25) is 5.91 Å². The second-order valence-electron chi connectivity index (χ2n) is 6.58. The third kappa shape index (κ3) is 3.95. The van der Waals surface area contributed by atoms with Crippen LogP contribution in [0.15, 0.2) is 85.1 Å². The van der Waals surface area contributed by atoms with E-state index in [4.69, 9.17) is 5.73 Å². The number of rotatable bonds is 5. The first kappa shape index (κ1) is 19.1. The summed E-state index contributed by atoms with van der Waals surface area (Å²) in [6, 6.07) is 21.5. The Morgan fingerprint density at radius 3 is 2.33 bits per heavy atom. The number of anilines is 1. The van der Waals surface area contributed by atoms with Crippen LogP contribution in [-0.4, -0.2) is 21.6 Å². The van der Waals surface area contributed by atoms with E-state index < -0.39 is 17.6 Å². The van der Waals surface area contributed by atoms with Crippen molar-refractivity contribution in [2.24, 2.45) is 5.73 Å². The predicted octanol–water partition coefficient (Wildman–Crippen LogP) is 4.03. The minimum Gasteiger partial charge on any atom is -0.366 e. The molecular formula is C23H17FN4O2. The van der Waals surface area contributed by atoms with E-state index in [9.17, 15) is 14.0 Å². The van der Waals surface area contributed by atoms with Gasteiger partial charge in [0, 0.05) is 23.0 Å². The fourth-order valence-electron chi connectivity index (χ4n) is 3.02. The average Bonchev–Trinajstić information content (AvgIpc) is 3.20. The fourth-order valence-corrected chi connectivity index (χ4v) is 3.02. The number of carbonyl (C=O) groups is 2. The molecule has 0 unspecified atom stereocenters. The van der Waals surface area contributed by atoms with Gasteiger partial charge >= 0.3 is 0 Å². The number of nitrogens with zero attached hydrogens (tertiary/aromatic N) is 2. The SMILES string of the molecule is NC(=O)c1ccc(-c2nn(-c3ccccc3)cc2C(=O)Nc2cccc(F)c2)cc1. The lowest BCUT2D eigenvalue weighted by atomic mass is 10.1. The molecule has 1 aromatic heterocycles. The van der Waals surface area contributed by atoms with E-state index in [2.05, 4.69) is 10.4 Å². The molecule has 0 aliphatic heterocycles. The fraction of sp³-hybridized carbons (Fsp3) is 0. The van der Waals surface area contributed by atoms with E-state index in [0.29, 0.717) is 28.1 Å². The number of amides is 2. The molecule has 0 atom stereocenters. The summed E-state index contributed by atoms with van der Waals surface area (Å²) < 4.78 is 15.1. The Labute approximate surface area is 171 Å². The summed E-state index contributed by atoms with van der Waals surface area (Å²) in [5, 5.41) is 7.27. The smallest absolute Gasteiger partial charge is 0.259 e. The summed E-state index contributed by atoms with van der Waals surface area (Å²) in [5.41, 5.74) is 8.13. The topological polar surface area (TPSA) is 90.0 Å². The molecule has 148 valence electrons. The highest BCUT2D eigenvalue weighted by Crippen LogP contribution is 2.25. The van der Waals surface area contributed by atoms with E-state index in [-0.39, 0.29) is 0 Å². The molecule has 1 heterocycles. The molecule has 4 aromatic rings. The summed E-state index contributed by atoms with van der Waals surface area (Å²) in [7, 11) is 0. The van der Waals surface area contributed by atoms with Gasteiger partial charge in [0.15, 0.2) is 0 Å². The lowest BCUT2D eigenvalue weighted by molar-refractivity contribution is 0.0997. The van der Waals surface area contributed by atoms with Crippen molar-refractivity contribution in [1.29, 1.82) is 0 Å². The van der Waals surface area contributed by atoms with E-state index in [1.165, 1.54) is 18.2 Å². The Morgan fingerprint density at radius 1 is 0.933 bits per heavy atom. The quantitative estimate of drug-likeness (QED) is 0.530. The number of nitrogens with one attached hydrogen (secondary N) is 1. The number of nitrogens with two attached hydrogens (primary N) is 1. The average molecular weight is 400 g/mol. The van der Waals surface area contributed by atoms with Gasteiger partial charge in [0.1, 0.15) is 11.5 Å². The number of hydrogen-bond donors (Lipinski definition) is 2. The zero-order valence-corrected chi connectivity index (χ0v) is 15.7. The van der Waals surface area contributed by atoms with Gasteiger partial charge in [0.25, 0.3) is 5.91 Å². The Balaban J connectivity index is 1.76. The molecule has 0 aliphatic rings. The highest BCUT2D eigenvalue weighted by Gasteiger charge is 2.19. The molecule has 4 rings (SSSR count). The molecule has 7 heteroatoms. The molecule has 0 spiro atoms. The lowest BCUT2D eigenvalue weighted by Gasteiger charge is -2.06. The Bertz CT molecular complexity index is 1220. The molecular weight excluding hydrogens is 383 g/mol. The normalized spacial score (nSPS) is 10.6. The molecule has 3 aromatic carbocycles. The van der Waals surface area contributed by atoms with Crippen LogP contribution >= 0.6 is 0 Å². The van der Waals surface area contributed by atoms with Gasteiger partial charge < -0.3 is 11.1 Å². The second-order valence-corrected chi connectivity index (χ2v) is 6.58. The number of hydrogen-bond acceptors (Lipinski definition) is 3. The maximum absolute atomic E-state index is 13.5. The van der Waals surface area contributed by atoms with Crippen LogP contribution in [0.3, 0.4) is 0 Å². The van der Waals surface area contributed by atoms with Gasteiger partial charge in [-0.3, -0.25) is 9.59 Å². The number of halogens is 1. The maximum atomic E-state index is 13.5. The summed E-state index contributed by atoms with van der Waals surface area (Å²) in [6.07, 6.45) is 1.61. The van der Waals surface area contributed by atoms with Crippen molar-refractivity contribution in [1.82, 2.24) is 9.78 Å². The van der Waals surface area contributed by atoms with Crippen LogP contribution in [0, 0.1) is 5.82 Å². The highest BCUT2D eigenvalue weighted by molar-refractivity contribution is 6.08. The first-order valence-electron chi connectivity index (χ1n) is 9.13. The van der Waals surface area contributed by atoms with Crippen LogP contribution < -0.4 is 11.1 Å². The van der Waals surface area contributed by atoms with Crippen LogP contribution in [-0.2, 0) is 0 Å². The van der Waals surface area contributed by atoms with Crippen molar-refractivity contribution in [3.8, 4) is 16.9 Å². The van der Waals surface area contributed by atoms with Crippen LogP contribution in [0.2, 0.25) is 0 Å². The third-order valence-electron chi connectivity index (χ3n) is 4.50. The highest BCUT2D eigenvalue weighted by atomic mass is 19.1. The van der Waals surface area contributed by atoms with E-state index >= 15 is 0 Å². The summed E-state index contributed by atoms with van der Waals surface area (Å²) in [6.45, 7) is 0. The monoisotopic (exact) mass is 400 g/mol. The van der Waals surface area contributed by atoms with Gasteiger partial charge in [0.05, 0.1) is 11.3 Å². The van der Waals surface area contributed by atoms with Gasteiger partial charge in [-0.05, 0) is 42.5 Å². The minimum absolute atomic E-state index is 0.301. The Morgan fingerprint density at radius 2 is 1.67 bits per heavy atom. The van der Waals surface area contributed by atoms with Crippen LogP contribution in [0.4, 0.5) is 10.1 Å². The Kier molecular flexibility index (Phi) is 5.09. The van der Waals surface area contributed by atoms with Crippen molar-refractivity contribution >= 4 is 17.5 Å². The molecule has 0 aliphatic carbocycles. The predicted molar refractivity (Wildman–Crippen MR) is 112 cm³/mol. The van der Waals surface area contributed by atoms with E-state index in [1.54, 1.807) is 41.2 Å². The lowest BCUT2D eigenvalue weighted by Crippen LogP contribution is -2.12. The molecule has 0 fully saturated rings. The van der Waals surface area contributed by atoms with Crippen molar-refractivity contribution < 1.29 is 14.0 Å². The molecule has 2 amide bonds. The van der Waals surface area contributed by atoms with Crippen molar-refractivity contribution in [2.45, 2.75) is 0 Å². The molecule has 0 saturated carbocycles. The molecule has 3 N–H and O–H groups in total. The zero-order chi connectivity index (χ0) is 21.1. The number of primary amides is 1. The number of carbonyl (C=O) groups excluding carboxylic acids is 2. The molecule has 0 saturated heterocycles. The molecule has 0 radical (unpaired) electrons. The number of aromatic nitrogens is 2. The summed E-state index contributed by atoms with van der Waals surface area (Å²) in [5.74, 6) is -1.42. The number of benzene rings is 3. The van der Waals surface area contributed by atoms with Crippen molar-refractivity contribution in [3.05, 3.63) is 102 Å². The van der Waals surface area contributed by atoms with Crippen molar-refractivity contribution in [3.63, 3.8) is 0 Å². The van der Waals surface area contributed by atoms with Gasteiger partial charge in [-0.15, -0.1) is 0 Å². The maximum Gasteiger partial charge on any atom is 0.259 e. The molecule has 30 heavy (non-hydrogen) atoms. The largest absolute Gasteiger partial charge is 0.366 e. The summed E-state index contributed by atoms with van der Waals surface area (Å²) in [4.78, 5) is 24.3. The van der Waals surface area contributed by atoms with Crippen LogP contribution in [0.5, 0.6) is 0 Å². The Hall–Kier alpha value is -4.26. The molecule has 6 nitrogen and oxygen atoms in total. The zero-order valence-electron chi connectivity index (χ0n) is 15.7. The second kappa shape index (κ2) is 8.00. The van der Waals surface area contributed by atoms with Crippen LogP contribution in [0.1, 0.15) is 20.7 Å². The summed E-state index contributed by atoms with van der Waals surface area (Å²) >= 11 is 0. The minimum atomic E-state index is -0.541. The molecule has 0 bridgehead atoms. The standard InChI is InChI=1S/C23H17FN4O2/c24-17-5-4-6-18(13-17)26-23(30)20-14-28(19-7-2-1-3-8-19)27-21(20)15-9-11-16(12-10-15)22(25)29/h1-14H,(H2,25,29)(H,26,30). The van der Waals surface area contributed by atoms with E-state index in [0.717, 1.165) is 5.69 Å². The first-order valence-corrected chi connectivity index (χ1v) is 9.13. The number of para-hydroxylation sites is 1. The van der Waals surface area contributed by atoms with E-state index in [1.807, 2.05) is 30.3 Å². The van der Waals surface area contributed by atoms with Gasteiger partial charge in [-0.1, -0.05) is 36.4 Å². The third-order valence-corrected chi connectivity index (χ3v) is 4.50. The van der Waals surface area contributed by atoms with Gasteiger partial charge in [-0.25, -0.2) is 9.07 Å². The van der Waals surface area contributed by atoms with Gasteiger partial charge in [-0.2, -0.15) is 5.10 Å². The first-order chi connectivity index (χ1) is 14.5. The van der Waals surface area contributed by atoms with Crippen LogP contribution in [0.25, 0.3) is 16.9 Å².